The van der Waals surface area contributed by atoms with Crippen molar-refractivity contribution in [3.63, 3.8) is 0 Å². The van der Waals surface area contributed by atoms with E-state index in [1.165, 1.54) is 36.4 Å². The molecule has 3 nitrogen and oxygen atoms in total. The number of hydrogen-bond acceptors (Lipinski definition) is 3. The van der Waals surface area contributed by atoms with Gasteiger partial charge in [-0.25, -0.2) is 0 Å². The molecule has 0 aromatic heterocycles. The first kappa shape index (κ1) is 12.7. The molecule has 0 spiro atoms. The third-order valence-electron chi connectivity index (χ3n) is 2.40. The number of hydrogen-bond donors (Lipinski definition) is 2. The van der Waals surface area contributed by atoms with Gasteiger partial charge in [0.1, 0.15) is 11.5 Å². The SMILES string of the molecule is O=C(c1ccc(O)cc1)c1cc(Cl)cc(Cl)c1O. The van der Waals surface area contributed by atoms with Crippen molar-refractivity contribution in [3.05, 3.63) is 57.6 Å². The lowest BCUT2D eigenvalue weighted by Crippen LogP contribution is -2.01. The Balaban J connectivity index is 2.49. The van der Waals surface area contributed by atoms with Crippen LogP contribution < -0.4 is 0 Å². The standard InChI is InChI=1S/C13H8Cl2O3/c14-8-5-10(13(18)11(15)6-8)12(17)7-1-3-9(16)4-2-7/h1-6,16,18H. The zero-order chi connectivity index (χ0) is 13.3. The van der Waals surface area contributed by atoms with Gasteiger partial charge in [0.15, 0.2) is 5.78 Å². The molecule has 92 valence electrons. The van der Waals surface area contributed by atoms with E-state index in [-0.39, 0.29) is 27.1 Å². The monoisotopic (exact) mass is 282 g/mol. The Morgan fingerprint density at radius 2 is 1.61 bits per heavy atom. The molecular weight excluding hydrogens is 275 g/mol. The van der Waals surface area contributed by atoms with Crippen LogP contribution in [0.15, 0.2) is 36.4 Å². The molecule has 0 aliphatic carbocycles. The summed E-state index contributed by atoms with van der Waals surface area (Å²) >= 11 is 11.5. The number of carbonyl (C=O) groups excluding carboxylic acids is 1. The Kier molecular flexibility index (Phi) is 3.45. The fourth-order valence-corrected chi connectivity index (χ4v) is 2.00. The maximum atomic E-state index is 12.1. The summed E-state index contributed by atoms with van der Waals surface area (Å²) in [5.74, 6) is -0.670. The van der Waals surface area contributed by atoms with E-state index in [0.29, 0.717) is 5.56 Å². The summed E-state index contributed by atoms with van der Waals surface area (Å²) in [6, 6.07) is 8.37. The van der Waals surface area contributed by atoms with Crippen molar-refractivity contribution in [1.82, 2.24) is 0 Å². The summed E-state index contributed by atoms with van der Waals surface area (Å²) in [6.45, 7) is 0. The minimum Gasteiger partial charge on any atom is -0.508 e. The Labute approximate surface area is 113 Å². The van der Waals surface area contributed by atoms with Crippen LogP contribution in [0.3, 0.4) is 0 Å². The van der Waals surface area contributed by atoms with Crippen molar-refractivity contribution in [2.45, 2.75) is 0 Å². The first-order valence-electron chi connectivity index (χ1n) is 5.01. The van der Waals surface area contributed by atoms with Crippen molar-refractivity contribution in [2.24, 2.45) is 0 Å². The summed E-state index contributed by atoms with van der Waals surface area (Å²) in [7, 11) is 0. The van der Waals surface area contributed by atoms with Crippen molar-refractivity contribution in [2.75, 3.05) is 0 Å². The van der Waals surface area contributed by atoms with Gasteiger partial charge in [-0.05, 0) is 36.4 Å². The minimum atomic E-state index is -0.420. The average molecular weight is 283 g/mol. The summed E-state index contributed by atoms with van der Waals surface area (Å²) in [5.41, 5.74) is 0.347. The van der Waals surface area contributed by atoms with E-state index in [1.807, 2.05) is 0 Å². The quantitative estimate of drug-likeness (QED) is 0.827. The first-order valence-corrected chi connectivity index (χ1v) is 5.76. The molecule has 2 rings (SSSR count). The van der Waals surface area contributed by atoms with E-state index in [4.69, 9.17) is 28.3 Å². The van der Waals surface area contributed by atoms with Crippen LogP contribution in [0.1, 0.15) is 15.9 Å². The maximum absolute atomic E-state index is 12.1. The summed E-state index contributed by atoms with van der Waals surface area (Å²) in [4.78, 5) is 12.1. The molecule has 0 atom stereocenters. The lowest BCUT2D eigenvalue weighted by atomic mass is 10.0. The molecule has 0 aliphatic rings. The summed E-state index contributed by atoms with van der Waals surface area (Å²) in [5, 5.41) is 19.2. The lowest BCUT2D eigenvalue weighted by Gasteiger charge is -2.06. The number of aromatic hydroxyl groups is 2. The molecule has 2 aromatic carbocycles. The van der Waals surface area contributed by atoms with Gasteiger partial charge in [-0.15, -0.1) is 0 Å². The lowest BCUT2D eigenvalue weighted by molar-refractivity contribution is 0.103. The van der Waals surface area contributed by atoms with E-state index in [0.717, 1.165) is 0 Å². The highest BCUT2D eigenvalue weighted by Gasteiger charge is 2.16. The van der Waals surface area contributed by atoms with Crippen LogP contribution in [-0.2, 0) is 0 Å². The molecule has 0 heterocycles. The Bertz CT molecular complexity index is 606. The Morgan fingerprint density at radius 3 is 2.22 bits per heavy atom. The molecule has 5 heteroatoms. The second-order valence-electron chi connectivity index (χ2n) is 3.66. The molecule has 0 fully saturated rings. The van der Waals surface area contributed by atoms with Crippen LogP contribution in [-0.4, -0.2) is 16.0 Å². The Hall–Kier alpha value is -1.71. The van der Waals surface area contributed by atoms with Gasteiger partial charge < -0.3 is 10.2 Å². The molecule has 0 radical (unpaired) electrons. The number of rotatable bonds is 2. The van der Waals surface area contributed by atoms with Crippen molar-refractivity contribution >= 4 is 29.0 Å². The van der Waals surface area contributed by atoms with Crippen LogP contribution in [0.5, 0.6) is 11.5 Å². The number of halogens is 2. The number of carbonyl (C=O) groups is 1. The van der Waals surface area contributed by atoms with E-state index < -0.39 is 5.78 Å². The van der Waals surface area contributed by atoms with E-state index in [1.54, 1.807) is 0 Å². The van der Waals surface area contributed by atoms with Gasteiger partial charge in [-0.2, -0.15) is 0 Å². The highest BCUT2D eigenvalue weighted by Crippen LogP contribution is 2.32. The zero-order valence-electron chi connectivity index (χ0n) is 9.02. The minimum absolute atomic E-state index is 0.0182. The van der Waals surface area contributed by atoms with Crippen molar-refractivity contribution in [3.8, 4) is 11.5 Å². The fraction of sp³-hybridized carbons (Fsp3) is 0. The van der Waals surface area contributed by atoms with E-state index in [2.05, 4.69) is 0 Å². The van der Waals surface area contributed by atoms with Crippen molar-refractivity contribution < 1.29 is 15.0 Å². The Morgan fingerprint density at radius 1 is 1.00 bits per heavy atom. The largest absolute Gasteiger partial charge is 0.508 e. The van der Waals surface area contributed by atoms with Gasteiger partial charge in [0.25, 0.3) is 0 Å². The van der Waals surface area contributed by atoms with Gasteiger partial charge in [-0.1, -0.05) is 23.2 Å². The molecule has 0 aliphatic heterocycles. The van der Waals surface area contributed by atoms with Crippen LogP contribution >= 0.6 is 23.2 Å². The highest BCUT2D eigenvalue weighted by atomic mass is 35.5. The van der Waals surface area contributed by atoms with Crippen LogP contribution in [0, 0.1) is 0 Å². The van der Waals surface area contributed by atoms with Gasteiger partial charge in [0.05, 0.1) is 10.6 Å². The topological polar surface area (TPSA) is 57.5 Å². The van der Waals surface area contributed by atoms with Gasteiger partial charge >= 0.3 is 0 Å². The predicted octanol–water partition coefficient (Wildman–Crippen LogP) is 3.64. The van der Waals surface area contributed by atoms with Crippen molar-refractivity contribution in [1.29, 1.82) is 0 Å². The van der Waals surface area contributed by atoms with Gasteiger partial charge in [-0.3, -0.25) is 4.79 Å². The third kappa shape index (κ3) is 2.42. The first-order chi connectivity index (χ1) is 8.49. The fourth-order valence-electron chi connectivity index (χ4n) is 1.51. The van der Waals surface area contributed by atoms with Crippen LogP contribution in [0.2, 0.25) is 10.0 Å². The molecule has 0 saturated carbocycles. The van der Waals surface area contributed by atoms with Crippen LogP contribution in [0.4, 0.5) is 0 Å². The van der Waals surface area contributed by atoms with Gasteiger partial charge in [0, 0.05) is 10.6 Å². The van der Waals surface area contributed by atoms with Crippen LogP contribution in [0.25, 0.3) is 0 Å². The summed E-state index contributed by atoms with van der Waals surface area (Å²) < 4.78 is 0. The molecular formula is C13H8Cl2O3. The molecule has 0 saturated heterocycles. The van der Waals surface area contributed by atoms with E-state index >= 15 is 0 Å². The third-order valence-corrected chi connectivity index (χ3v) is 2.91. The number of ketones is 1. The molecule has 2 N–H and O–H groups in total. The van der Waals surface area contributed by atoms with Gasteiger partial charge in [0.2, 0.25) is 0 Å². The zero-order valence-corrected chi connectivity index (χ0v) is 10.5. The normalized spacial score (nSPS) is 10.3. The molecule has 18 heavy (non-hydrogen) atoms. The second kappa shape index (κ2) is 4.88. The smallest absolute Gasteiger partial charge is 0.196 e. The van der Waals surface area contributed by atoms with E-state index in [9.17, 15) is 9.90 Å². The maximum Gasteiger partial charge on any atom is 0.196 e. The molecule has 0 unspecified atom stereocenters. The average Bonchev–Trinajstić information content (AvgIpc) is 2.34. The molecule has 0 amide bonds. The molecule has 2 aromatic rings. The number of phenolic OH excluding ortho intramolecular Hbond substituents is 2. The highest BCUT2D eigenvalue weighted by molar-refractivity contribution is 6.36. The predicted molar refractivity (Wildman–Crippen MR) is 69.7 cm³/mol. The summed E-state index contributed by atoms with van der Waals surface area (Å²) in [6.07, 6.45) is 0. The number of benzene rings is 2. The number of phenols is 2. The molecule has 0 bridgehead atoms. The second-order valence-corrected chi connectivity index (χ2v) is 4.50.